The summed E-state index contributed by atoms with van der Waals surface area (Å²) in [4.78, 5) is 10.2. The Morgan fingerprint density at radius 2 is 0.839 bits per heavy atom. The maximum atomic E-state index is 6.13. The summed E-state index contributed by atoms with van der Waals surface area (Å²) in [6, 6.07) is 73.4. The van der Waals surface area contributed by atoms with Gasteiger partial charge >= 0.3 is 0 Å². The monoisotopic (exact) mass is 714 g/mol. The van der Waals surface area contributed by atoms with Crippen molar-refractivity contribution < 1.29 is 4.42 Å². The highest BCUT2D eigenvalue weighted by Gasteiger charge is 2.45. The van der Waals surface area contributed by atoms with Crippen LogP contribution in [-0.4, -0.2) is 9.97 Å². The van der Waals surface area contributed by atoms with E-state index in [1.165, 1.54) is 33.4 Å². The first-order chi connectivity index (χ1) is 27.7. The van der Waals surface area contributed by atoms with E-state index >= 15 is 0 Å². The minimum atomic E-state index is -0.409. The second-order valence-corrected chi connectivity index (χ2v) is 14.5. The zero-order valence-corrected chi connectivity index (χ0v) is 30.4. The van der Waals surface area contributed by atoms with Crippen LogP contribution in [0.5, 0.6) is 0 Å². The smallest absolute Gasteiger partial charge is 0.160 e. The third-order valence-corrected chi connectivity index (χ3v) is 11.4. The van der Waals surface area contributed by atoms with Gasteiger partial charge in [-0.1, -0.05) is 176 Å². The molecule has 0 fully saturated rings. The quantitative estimate of drug-likeness (QED) is 0.172. The molecule has 262 valence electrons. The molecule has 0 atom stereocenters. The number of hydrogen-bond donors (Lipinski definition) is 0. The molecule has 3 nitrogen and oxygen atoms in total. The largest absolute Gasteiger partial charge is 0.456 e. The number of aromatic nitrogens is 2. The highest BCUT2D eigenvalue weighted by atomic mass is 16.3. The molecule has 2 heterocycles. The lowest BCUT2D eigenvalue weighted by atomic mass is 9.67. The van der Waals surface area contributed by atoms with E-state index in [4.69, 9.17) is 14.4 Å². The summed E-state index contributed by atoms with van der Waals surface area (Å²) in [5.41, 5.74) is 16.2. The highest BCUT2D eigenvalue weighted by molar-refractivity contribution is 6.06. The number of para-hydroxylation sites is 1. The van der Waals surface area contributed by atoms with Crippen LogP contribution in [0, 0.1) is 0 Å². The normalized spacial score (nSPS) is 12.8. The molecule has 10 aromatic rings. The highest BCUT2D eigenvalue weighted by Crippen LogP contribution is 2.56. The van der Waals surface area contributed by atoms with E-state index in [9.17, 15) is 0 Å². The van der Waals surface area contributed by atoms with Crippen molar-refractivity contribution in [2.24, 2.45) is 0 Å². The van der Waals surface area contributed by atoms with Crippen LogP contribution >= 0.6 is 0 Å². The topological polar surface area (TPSA) is 38.9 Å². The second-order valence-electron chi connectivity index (χ2n) is 14.5. The Bertz CT molecular complexity index is 3010. The molecule has 0 radical (unpaired) electrons. The summed E-state index contributed by atoms with van der Waals surface area (Å²) < 4.78 is 6.13. The number of benzene rings is 8. The molecule has 0 bridgehead atoms. The minimum Gasteiger partial charge on any atom is -0.456 e. The Morgan fingerprint density at radius 3 is 1.54 bits per heavy atom. The molecule has 56 heavy (non-hydrogen) atoms. The standard InChI is InChI=1S/C53H34N2O/c1-3-13-38(14-4-1)52-54-48(34-49(55-52)39-29-32-51-45(33-39)44-19-9-12-22-50(44)56-51)37-25-23-35(24-26-37)36-27-30-41(31-28-36)53(40-15-5-2-6-16-40)46-20-10-7-17-42(46)43-18-8-11-21-47(43)53/h1-34H. The van der Waals surface area contributed by atoms with Gasteiger partial charge in [0.1, 0.15) is 11.2 Å². The van der Waals surface area contributed by atoms with E-state index in [0.29, 0.717) is 5.82 Å². The lowest BCUT2D eigenvalue weighted by Gasteiger charge is -2.34. The van der Waals surface area contributed by atoms with E-state index in [-0.39, 0.29) is 0 Å². The molecule has 0 unspecified atom stereocenters. The van der Waals surface area contributed by atoms with Crippen LogP contribution in [0.25, 0.3) is 78.1 Å². The van der Waals surface area contributed by atoms with E-state index in [0.717, 1.165) is 61.1 Å². The van der Waals surface area contributed by atoms with Gasteiger partial charge in [0.05, 0.1) is 16.8 Å². The van der Waals surface area contributed by atoms with Crippen LogP contribution in [0.15, 0.2) is 211 Å². The summed E-state index contributed by atoms with van der Waals surface area (Å²) >= 11 is 0. The molecule has 0 aliphatic heterocycles. The van der Waals surface area contributed by atoms with Crippen molar-refractivity contribution in [3.05, 3.63) is 229 Å². The van der Waals surface area contributed by atoms with Crippen LogP contribution in [-0.2, 0) is 5.41 Å². The van der Waals surface area contributed by atoms with Gasteiger partial charge in [0.2, 0.25) is 0 Å². The number of rotatable bonds is 6. The van der Waals surface area contributed by atoms with Gasteiger partial charge in [-0.3, -0.25) is 0 Å². The lowest BCUT2D eigenvalue weighted by Crippen LogP contribution is -2.28. The van der Waals surface area contributed by atoms with Crippen LogP contribution in [0.2, 0.25) is 0 Å². The van der Waals surface area contributed by atoms with Crippen molar-refractivity contribution in [1.82, 2.24) is 9.97 Å². The molecule has 0 N–H and O–H groups in total. The predicted octanol–water partition coefficient (Wildman–Crippen LogP) is 13.4. The van der Waals surface area contributed by atoms with Gasteiger partial charge in [-0.2, -0.15) is 0 Å². The maximum Gasteiger partial charge on any atom is 0.160 e. The minimum absolute atomic E-state index is 0.409. The van der Waals surface area contributed by atoms with E-state index in [1.807, 2.05) is 42.5 Å². The fourth-order valence-corrected chi connectivity index (χ4v) is 8.80. The fraction of sp³-hybridized carbons (Fsp3) is 0.0189. The first kappa shape index (κ1) is 32.1. The van der Waals surface area contributed by atoms with Gasteiger partial charge in [0, 0.05) is 27.5 Å². The summed E-state index contributed by atoms with van der Waals surface area (Å²) in [5.74, 6) is 0.692. The van der Waals surface area contributed by atoms with Crippen LogP contribution in [0.1, 0.15) is 22.3 Å². The lowest BCUT2D eigenvalue weighted by molar-refractivity contribution is 0.669. The molecule has 11 rings (SSSR count). The van der Waals surface area contributed by atoms with Crippen molar-refractivity contribution in [1.29, 1.82) is 0 Å². The van der Waals surface area contributed by atoms with Gasteiger partial charge in [0.15, 0.2) is 5.82 Å². The van der Waals surface area contributed by atoms with Crippen molar-refractivity contribution in [2.75, 3.05) is 0 Å². The van der Waals surface area contributed by atoms with Gasteiger partial charge < -0.3 is 4.42 Å². The van der Waals surface area contributed by atoms with Gasteiger partial charge in [-0.05, 0) is 74.8 Å². The third-order valence-electron chi connectivity index (χ3n) is 11.4. The van der Waals surface area contributed by atoms with Crippen LogP contribution in [0.3, 0.4) is 0 Å². The molecule has 1 aliphatic rings. The summed E-state index contributed by atoms with van der Waals surface area (Å²) in [6.07, 6.45) is 0. The molecule has 0 spiro atoms. The van der Waals surface area contributed by atoms with E-state index in [2.05, 4.69) is 164 Å². The molecule has 0 amide bonds. The van der Waals surface area contributed by atoms with Crippen LogP contribution in [0.4, 0.5) is 0 Å². The molecule has 2 aromatic heterocycles. The average Bonchev–Trinajstić information content (AvgIpc) is 3.81. The van der Waals surface area contributed by atoms with Crippen molar-refractivity contribution in [2.45, 2.75) is 5.41 Å². The van der Waals surface area contributed by atoms with Crippen molar-refractivity contribution >= 4 is 21.9 Å². The second kappa shape index (κ2) is 12.9. The Balaban J connectivity index is 0.979. The zero-order chi connectivity index (χ0) is 37.1. The van der Waals surface area contributed by atoms with E-state index in [1.54, 1.807) is 0 Å². The third kappa shape index (κ3) is 5.05. The molecular formula is C53H34N2O. The SMILES string of the molecule is c1ccc(-c2nc(-c3ccc(-c4ccc(C5(c6ccccc6)c6ccccc6-c6ccccc65)cc4)cc3)cc(-c3ccc4oc5ccccc5c4c3)n2)cc1. The molecular weight excluding hydrogens is 681 g/mol. The van der Waals surface area contributed by atoms with Crippen molar-refractivity contribution in [3.8, 4) is 56.2 Å². The Hall–Kier alpha value is -7.36. The Morgan fingerprint density at radius 1 is 0.339 bits per heavy atom. The summed E-state index contributed by atoms with van der Waals surface area (Å²) in [7, 11) is 0. The van der Waals surface area contributed by atoms with E-state index < -0.39 is 5.41 Å². The maximum absolute atomic E-state index is 6.13. The molecule has 0 saturated carbocycles. The first-order valence-electron chi connectivity index (χ1n) is 19.1. The Labute approximate surface area is 325 Å². The number of fused-ring (bicyclic) bond motifs is 6. The first-order valence-corrected chi connectivity index (χ1v) is 19.1. The molecule has 0 saturated heterocycles. The zero-order valence-electron chi connectivity index (χ0n) is 30.4. The van der Waals surface area contributed by atoms with Gasteiger partial charge in [-0.25, -0.2) is 9.97 Å². The summed E-state index contributed by atoms with van der Waals surface area (Å²) in [5, 5.41) is 2.17. The molecule has 3 heteroatoms. The van der Waals surface area contributed by atoms with Crippen molar-refractivity contribution in [3.63, 3.8) is 0 Å². The fourth-order valence-electron chi connectivity index (χ4n) is 8.80. The predicted molar refractivity (Wildman–Crippen MR) is 228 cm³/mol. The number of hydrogen-bond acceptors (Lipinski definition) is 3. The van der Waals surface area contributed by atoms with Gasteiger partial charge in [0.25, 0.3) is 0 Å². The number of nitrogens with zero attached hydrogens (tertiary/aromatic N) is 2. The Kier molecular flexibility index (Phi) is 7.39. The summed E-state index contributed by atoms with van der Waals surface area (Å²) in [6.45, 7) is 0. The molecule has 1 aliphatic carbocycles. The van der Waals surface area contributed by atoms with Gasteiger partial charge in [-0.15, -0.1) is 0 Å². The average molecular weight is 715 g/mol. The molecule has 8 aromatic carbocycles. The van der Waals surface area contributed by atoms with Crippen LogP contribution < -0.4 is 0 Å². The number of furan rings is 1.